The van der Waals surface area contributed by atoms with Gasteiger partial charge in [-0.3, -0.25) is 4.98 Å². The van der Waals surface area contributed by atoms with Gasteiger partial charge in [0, 0.05) is 18.6 Å². The summed E-state index contributed by atoms with van der Waals surface area (Å²) >= 11 is 0. The lowest BCUT2D eigenvalue weighted by Crippen LogP contribution is -2.11. The normalized spacial score (nSPS) is 12.3. The predicted molar refractivity (Wildman–Crippen MR) is 76.0 cm³/mol. The number of imidazole rings is 1. The third-order valence-corrected chi connectivity index (χ3v) is 3.24. The fourth-order valence-corrected chi connectivity index (χ4v) is 2.16. The van der Waals surface area contributed by atoms with Gasteiger partial charge in [-0.15, -0.1) is 0 Å². The van der Waals surface area contributed by atoms with Crippen molar-refractivity contribution in [3.8, 4) is 0 Å². The van der Waals surface area contributed by atoms with Crippen molar-refractivity contribution in [1.29, 1.82) is 0 Å². The summed E-state index contributed by atoms with van der Waals surface area (Å²) in [4.78, 5) is 8.46. The van der Waals surface area contributed by atoms with Gasteiger partial charge in [-0.25, -0.2) is 9.37 Å². The van der Waals surface area contributed by atoms with Gasteiger partial charge in [0.05, 0.1) is 12.2 Å². The number of aromatic nitrogens is 3. The van der Waals surface area contributed by atoms with Crippen LogP contribution in [-0.4, -0.2) is 19.6 Å². The molecule has 0 aliphatic heterocycles. The molecule has 0 radical (unpaired) electrons. The zero-order valence-corrected chi connectivity index (χ0v) is 11.2. The first kappa shape index (κ1) is 13.5. The van der Waals surface area contributed by atoms with Crippen LogP contribution in [0.3, 0.4) is 0 Å². The second-order valence-corrected chi connectivity index (χ2v) is 4.69. The van der Waals surface area contributed by atoms with E-state index in [1.807, 2.05) is 22.8 Å². The maximum absolute atomic E-state index is 12.9. The van der Waals surface area contributed by atoms with Crippen LogP contribution in [0.4, 0.5) is 4.39 Å². The SMILES string of the molecule is OC(c1ccc(F)cc1)c1nccn1Cc1ccccn1. The second-order valence-electron chi connectivity index (χ2n) is 4.69. The number of nitrogens with zero attached hydrogens (tertiary/aromatic N) is 3. The van der Waals surface area contributed by atoms with E-state index in [4.69, 9.17) is 0 Å². The minimum absolute atomic E-state index is 0.331. The van der Waals surface area contributed by atoms with E-state index in [1.54, 1.807) is 30.7 Å². The largest absolute Gasteiger partial charge is 0.380 e. The van der Waals surface area contributed by atoms with Crippen LogP contribution in [0.1, 0.15) is 23.2 Å². The first-order valence-corrected chi connectivity index (χ1v) is 6.58. The van der Waals surface area contributed by atoms with Crippen molar-refractivity contribution < 1.29 is 9.50 Å². The van der Waals surface area contributed by atoms with Crippen LogP contribution in [0.2, 0.25) is 0 Å². The number of benzene rings is 1. The molecule has 21 heavy (non-hydrogen) atoms. The summed E-state index contributed by atoms with van der Waals surface area (Å²) in [5.74, 6) is 0.176. The monoisotopic (exact) mass is 283 g/mol. The fraction of sp³-hybridized carbons (Fsp3) is 0.125. The molecule has 0 saturated carbocycles. The Morgan fingerprint density at radius 2 is 1.86 bits per heavy atom. The van der Waals surface area contributed by atoms with E-state index in [-0.39, 0.29) is 5.82 Å². The molecule has 5 heteroatoms. The average molecular weight is 283 g/mol. The van der Waals surface area contributed by atoms with Gasteiger partial charge in [-0.2, -0.15) is 0 Å². The molecule has 1 unspecified atom stereocenters. The van der Waals surface area contributed by atoms with Crippen molar-refractivity contribution in [2.75, 3.05) is 0 Å². The van der Waals surface area contributed by atoms with Crippen LogP contribution in [0.25, 0.3) is 0 Å². The molecule has 4 nitrogen and oxygen atoms in total. The van der Waals surface area contributed by atoms with Crippen LogP contribution in [-0.2, 0) is 6.54 Å². The number of aliphatic hydroxyl groups excluding tert-OH is 1. The number of halogens is 1. The van der Waals surface area contributed by atoms with E-state index in [0.29, 0.717) is 17.9 Å². The lowest BCUT2D eigenvalue weighted by molar-refractivity contribution is 0.205. The Balaban J connectivity index is 1.86. The lowest BCUT2D eigenvalue weighted by Gasteiger charge is -2.13. The molecule has 2 heterocycles. The van der Waals surface area contributed by atoms with Gasteiger partial charge >= 0.3 is 0 Å². The van der Waals surface area contributed by atoms with Gasteiger partial charge < -0.3 is 9.67 Å². The van der Waals surface area contributed by atoms with Crippen LogP contribution >= 0.6 is 0 Å². The first-order chi connectivity index (χ1) is 10.2. The van der Waals surface area contributed by atoms with Crippen LogP contribution in [0.5, 0.6) is 0 Å². The minimum Gasteiger partial charge on any atom is -0.380 e. The zero-order valence-electron chi connectivity index (χ0n) is 11.2. The van der Waals surface area contributed by atoms with Gasteiger partial charge in [0.1, 0.15) is 17.7 Å². The lowest BCUT2D eigenvalue weighted by atomic mass is 10.1. The van der Waals surface area contributed by atoms with Crippen molar-refractivity contribution in [2.24, 2.45) is 0 Å². The number of hydrogen-bond donors (Lipinski definition) is 1. The van der Waals surface area contributed by atoms with Gasteiger partial charge in [-0.05, 0) is 29.8 Å². The summed E-state index contributed by atoms with van der Waals surface area (Å²) in [5.41, 5.74) is 1.48. The van der Waals surface area contributed by atoms with Crippen molar-refractivity contribution in [2.45, 2.75) is 12.6 Å². The molecule has 1 N–H and O–H groups in total. The Morgan fingerprint density at radius 1 is 1.05 bits per heavy atom. The molecule has 0 bridgehead atoms. The maximum Gasteiger partial charge on any atom is 0.142 e. The molecule has 3 rings (SSSR count). The summed E-state index contributed by atoms with van der Waals surface area (Å²) in [5, 5.41) is 10.4. The highest BCUT2D eigenvalue weighted by atomic mass is 19.1. The van der Waals surface area contributed by atoms with E-state index >= 15 is 0 Å². The predicted octanol–water partition coefficient (Wildman–Crippen LogP) is 2.55. The molecule has 106 valence electrons. The van der Waals surface area contributed by atoms with Crippen molar-refractivity contribution >= 4 is 0 Å². The van der Waals surface area contributed by atoms with Crippen molar-refractivity contribution in [3.63, 3.8) is 0 Å². The van der Waals surface area contributed by atoms with Gasteiger partial charge in [0.15, 0.2) is 0 Å². The standard InChI is InChI=1S/C16H14FN3O/c17-13-6-4-12(5-7-13)15(21)16-19-9-10-20(16)11-14-3-1-2-8-18-14/h1-10,15,21H,11H2. The summed E-state index contributed by atoms with van der Waals surface area (Å²) in [6, 6.07) is 11.4. The Bertz CT molecular complexity index is 710. The van der Waals surface area contributed by atoms with E-state index in [2.05, 4.69) is 9.97 Å². The van der Waals surface area contributed by atoms with Crippen molar-refractivity contribution in [1.82, 2.24) is 14.5 Å². The molecule has 2 aromatic heterocycles. The summed E-state index contributed by atoms with van der Waals surface area (Å²) < 4.78 is 14.8. The molecular weight excluding hydrogens is 269 g/mol. The number of rotatable bonds is 4. The Hall–Kier alpha value is -2.53. The fourth-order valence-electron chi connectivity index (χ4n) is 2.16. The molecular formula is C16H14FN3O. The van der Waals surface area contributed by atoms with E-state index in [1.165, 1.54) is 12.1 Å². The highest BCUT2D eigenvalue weighted by Gasteiger charge is 2.16. The van der Waals surface area contributed by atoms with E-state index in [0.717, 1.165) is 5.69 Å². The van der Waals surface area contributed by atoms with Gasteiger partial charge in [0.25, 0.3) is 0 Å². The first-order valence-electron chi connectivity index (χ1n) is 6.58. The molecule has 0 aliphatic rings. The van der Waals surface area contributed by atoms with Crippen molar-refractivity contribution in [3.05, 3.63) is 84.0 Å². The number of aliphatic hydroxyl groups is 1. The minimum atomic E-state index is -0.899. The zero-order chi connectivity index (χ0) is 14.7. The summed E-state index contributed by atoms with van der Waals surface area (Å²) in [7, 11) is 0. The number of pyridine rings is 1. The molecule has 1 atom stereocenters. The molecule has 0 aliphatic carbocycles. The molecule has 0 saturated heterocycles. The molecule has 0 spiro atoms. The smallest absolute Gasteiger partial charge is 0.142 e. The van der Waals surface area contributed by atoms with E-state index in [9.17, 15) is 9.50 Å². The van der Waals surface area contributed by atoms with Gasteiger partial charge in [-0.1, -0.05) is 18.2 Å². The molecule has 1 aromatic carbocycles. The van der Waals surface area contributed by atoms with Crippen LogP contribution < -0.4 is 0 Å². The highest BCUT2D eigenvalue weighted by Crippen LogP contribution is 2.21. The highest BCUT2D eigenvalue weighted by molar-refractivity contribution is 5.24. The molecule has 0 fully saturated rings. The van der Waals surface area contributed by atoms with Crippen LogP contribution in [0, 0.1) is 5.82 Å². The average Bonchev–Trinajstić information content (AvgIpc) is 2.96. The van der Waals surface area contributed by atoms with Crippen LogP contribution in [0.15, 0.2) is 61.1 Å². The summed E-state index contributed by atoms with van der Waals surface area (Å²) in [6.45, 7) is 0.522. The topological polar surface area (TPSA) is 50.9 Å². The molecule has 3 aromatic rings. The van der Waals surface area contributed by atoms with Gasteiger partial charge in [0.2, 0.25) is 0 Å². The Kier molecular flexibility index (Phi) is 3.75. The maximum atomic E-state index is 12.9. The second kappa shape index (κ2) is 5.85. The molecule has 0 amide bonds. The number of hydrogen-bond acceptors (Lipinski definition) is 3. The quantitative estimate of drug-likeness (QED) is 0.800. The van der Waals surface area contributed by atoms with E-state index < -0.39 is 6.10 Å². The Labute approximate surface area is 121 Å². The third-order valence-electron chi connectivity index (χ3n) is 3.24. The third kappa shape index (κ3) is 2.98. The summed E-state index contributed by atoms with van der Waals surface area (Å²) in [6.07, 6.45) is 4.24. The Morgan fingerprint density at radius 3 is 2.57 bits per heavy atom.